The smallest absolute Gasteiger partial charge is 0.185 e. The summed E-state index contributed by atoms with van der Waals surface area (Å²) in [4.78, 5) is 3.45. The lowest BCUT2D eigenvalue weighted by molar-refractivity contribution is 0.600. The summed E-state index contributed by atoms with van der Waals surface area (Å²) in [5.74, 6) is 0. The van der Waals surface area contributed by atoms with Gasteiger partial charge in [0.2, 0.25) is 0 Å². The summed E-state index contributed by atoms with van der Waals surface area (Å²) in [6, 6.07) is 27.4. The van der Waals surface area contributed by atoms with Gasteiger partial charge in [0.15, 0.2) is 24.5 Å². The molecule has 3 rings (SSSR count). The Morgan fingerprint density at radius 3 is 1.57 bits per heavy atom. The second-order valence-electron chi connectivity index (χ2n) is 5.15. The lowest BCUT2D eigenvalue weighted by Crippen LogP contribution is -2.10. The first-order valence-corrected chi connectivity index (χ1v) is 10.3. The Hall–Kier alpha value is -2.04. The van der Waals surface area contributed by atoms with Gasteiger partial charge in [0, 0.05) is 6.26 Å². The third kappa shape index (κ3) is 3.49. The first kappa shape index (κ1) is 15.8. The molecule has 0 spiro atoms. The fourth-order valence-corrected chi connectivity index (χ4v) is 6.01. The maximum absolute atomic E-state index is 12.2. The predicted octanol–water partition coefficient (Wildman–Crippen LogP) is 4.19. The molecule has 4 heteroatoms. The molecule has 0 N–H and O–H groups in total. The van der Waals surface area contributed by atoms with E-state index in [9.17, 15) is 8.42 Å². The Balaban J connectivity index is 2.26. The van der Waals surface area contributed by atoms with E-state index in [1.807, 2.05) is 48.5 Å². The molecule has 0 aliphatic heterocycles. The minimum Gasteiger partial charge on any atom is -0.224 e. The third-order valence-electron chi connectivity index (χ3n) is 3.43. The second-order valence-corrected chi connectivity index (χ2v) is 9.13. The van der Waals surface area contributed by atoms with Gasteiger partial charge in [0.1, 0.15) is 15.8 Å². The summed E-state index contributed by atoms with van der Waals surface area (Å²) < 4.78 is 24.5. The van der Waals surface area contributed by atoms with Crippen molar-refractivity contribution in [1.82, 2.24) is 0 Å². The molecule has 2 nitrogen and oxygen atoms in total. The molecule has 0 amide bonds. The summed E-state index contributed by atoms with van der Waals surface area (Å²) in [5, 5.41) is 0. The molecule has 0 fully saturated rings. The number of benzene rings is 3. The van der Waals surface area contributed by atoms with Crippen LogP contribution in [0.3, 0.4) is 0 Å². The highest BCUT2D eigenvalue weighted by Gasteiger charge is 2.33. The van der Waals surface area contributed by atoms with Crippen molar-refractivity contribution in [2.75, 3.05) is 6.26 Å². The van der Waals surface area contributed by atoms with Gasteiger partial charge in [0.05, 0.1) is 0 Å². The summed E-state index contributed by atoms with van der Waals surface area (Å²) in [6.07, 6.45) is 1.27. The number of hydrogen-bond acceptors (Lipinski definition) is 2. The molecular weight excluding hydrogens is 324 g/mol. The summed E-state index contributed by atoms with van der Waals surface area (Å²) in [6.45, 7) is 0. The molecule has 0 saturated carbocycles. The van der Waals surface area contributed by atoms with Crippen LogP contribution in [0.4, 0.5) is 0 Å². The van der Waals surface area contributed by atoms with Crippen LogP contribution in [-0.2, 0) is 20.7 Å². The van der Waals surface area contributed by atoms with E-state index in [0.29, 0.717) is 4.90 Å². The van der Waals surface area contributed by atoms with Crippen LogP contribution >= 0.6 is 0 Å². The van der Waals surface area contributed by atoms with Gasteiger partial charge in [-0.25, -0.2) is 8.42 Å². The fourth-order valence-electron chi connectivity index (χ4n) is 2.43. The molecule has 0 bridgehead atoms. The highest BCUT2D eigenvalue weighted by atomic mass is 32.2. The average Bonchev–Trinajstić information content (AvgIpc) is 2.57. The van der Waals surface area contributed by atoms with Gasteiger partial charge in [-0.2, -0.15) is 0 Å². The number of rotatable bonds is 4. The Kier molecular flexibility index (Phi) is 4.55. The lowest BCUT2D eigenvalue weighted by Gasteiger charge is -2.10. The van der Waals surface area contributed by atoms with Crippen molar-refractivity contribution in [3.8, 4) is 0 Å². The van der Waals surface area contributed by atoms with Gasteiger partial charge >= 0.3 is 0 Å². The molecule has 3 aromatic carbocycles. The number of hydrogen-bond donors (Lipinski definition) is 0. The zero-order valence-electron chi connectivity index (χ0n) is 12.7. The van der Waals surface area contributed by atoms with Gasteiger partial charge in [-0.1, -0.05) is 48.5 Å². The van der Waals surface area contributed by atoms with E-state index in [1.165, 1.54) is 6.26 Å². The lowest BCUT2D eigenvalue weighted by atomic mass is 10.4. The molecule has 0 atom stereocenters. The number of sulfone groups is 1. The average molecular weight is 341 g/mol. The van der Waals surface area contributed by atoms with Crippen LogP contribution < -0.4 is 0 Å². The molecule has 0 unspecified atom stereocenters. The highest BCUT2D eigenvalue weighted by molar-refractivity contribution is 7.98. The van der Waals surface area contributed by atoms with E-state index >= 15 is 0 Å². The van der Waals surface area contributed by atoms with E-state index in [-0.39, 0.29) is 0 Å². The van der Waals surface area contributed by atoms with E-state index in [2.05, 4.69) is 24.3 Å². The van der Waals surface area contributed by atoms with Crippen molar-refractivity contribution in [2.24, 2.45) is 0 Å². The molecule has 3 aromatic rings. The quantitative estimate of drug-likeness (QED) is 0.667. The Morgan fingerprint density at radius 1 is 0.652 bits per heavy atom. The van der Waals surface area contributed by atoms with Crippen LogP contribution in [0.5, 0.6) is 0 Å². The van der Waals surface area contributed by atoms with Crippen LogP contribution in [0.15, 0.2) is 105 Å². The van der Waals surface area contributed by atoms with Crippen LogP contribution in [0.1, 0.15) is 0 Å². The zero-order chi connectivity index (χ0) is 16.3. The molecule has 0 radical (unpaired) electrons. The van der Waals surface area contributed by atoms with Crippen molar-refractivity contribution in [2.45, 2.75) is 19.6 Å². The Morgan fingerprint density at radius 2 is 1.09 bits per heavy atom. The molecule has 0 aromatic heterocycles. The van der Waals surface area contributed by atoms with Crippen molar-refractivity contribution in [1.29, 1.82) is 0 Å². The maximum atomic E-state index is 12.2. The molecule has 0 heterocycles. The third-order valence-corrected chi connectivity index (χ3v) is 6.99. The summed E-state index contributed by atoms with van der Waals surface area (Å²) >= 11 is 0. The molecule has 0 aliphatic rings. The van der Waals surface area contributed by atoms with E-state index < -0.39 is 20.7 Å². The minimum atomic E-state index is -3.29. The van der Waals surface area contributed by atoms with E-state index in [0.717, 1.165) is 14.7 Å². The molecule has 23 heavy (non-hydrogen) atoms. The van der Waals surface area contributed by atoms with Gasteiger partial charge in [-0.3, -0.25) is 0 Å². The van der Waals surface area contributed by atoms with Crippen LogP contribution in [-0.4, -0.2) is 14.7 Å². The minimum absolute atomic E-state index is 0.399. The maximum Gasteiger partial charge on any atom is 0.185 e. The van der Waals surface area contributed by atoms with Gasteiger partial charge in [0.25, 0.3) is 0 Å². The monoisotopic (exact) mass is 341 g/mol. The highest BCUT2D eigenvalue weighted by Crippen LogP contribution is 2.34. The van der Waals surface area contributed by atoms with Crippen LogP contribution in [0.2, 0.25) is 0 Å². The van der Waals surface area contributed by atoms with Gasteiger partial charge in [-0.05, 0) is 36.4 Å². The van der Waals surface area contributed by atoms with E-state index in [1.54, 1.807) is 12.1 Å². The molecular formula is C19H17O2S2+. The van der Waals surface area contributed by atoms with E-state index in [4.69, 9.17) is 0 Å². The van der Waals surface area contributed by atoms with Crippen molar-refractivity contribution < 1.29 is 8.42 Å². The van der Waals surface area contributed by atoms with Crippen molar-refractivity contribution >= 4 is 20.7 Å². The SMILES string of the molecule is CS(=O)(=O)c1ccccc1[S+](c1ccccc1)c1ccccc1. The van der Waals surface area contributed by atoms with Crippen molar-refractivity contribution in [3.05, 3.63) is 84.9 Å². The normalized spacial score (nSPS) is 11.6. The molecule has 0 aliphatic carbocycles. The van der Waals surface area contributed by atoms with Crippen molar-refractivity contribution in [3.63, 3.8) is 0 Å². The Labute approximate surface area is 140 Å². The second kappa shape index (κ2) is 6.60. The summed E-state index contributed by atoms with van der Waals surface area (Å²) in [7, 11) is -3.74. The standard InChI is InChI=1S/C19H17O2S2/c1-23(20,21)19-15-9-8-14-18(19)22(16-10-4-2-5-11-16)17-12-6-3-7-13-17/h2-15H,1H3/q+1. The van der Waals surface area contributed by atoms with Crippen LogP contribution in [0.25, 0.3) is 0 Å². The topological polar surface area (TPSA) is 34.1 Å². The Bertz CT molecular complexity index is 849. The first-order valence-electron chi connectivity index (χ1n) is 7.21. The van der Waals surface area contributed by atoms with Gasteiger partial charge < -0.3 is 0 Å². The zero-order valence-corrected chi connectivity index (χ0v) is 14.3. The molecule has 116 valence electrons. The van der Waals surface area contributed by atoms with Crippen LogP contribution in [0, 0.1) is 0 Å². The molecule has 0 saturated heterocycles. The van der Waals surface area contributed by atoms with Gasteiger partial charge in [-0.15, -0.1) is 0 Å². The first-order chi connectivity index (χ1) is 11.1. The largest absolute Gasteiger partial charge is 0.224 e. The predicted molar refractivity (Wildman–Crippen MR) is 94.6 cm³/mol. The fraction of sp³-hybridized carbons (Fsp3) is 0.0526. The summed E-state index contributed by atoms with van der Waals surface area (Å²) in [5.41, 5.74) is 0.